The van der Waals surface area contributed by atoms with Crippen molar-refractivity contribution in [3.63, 3.8) is 0 Å². The third kappa shape index (κ3) is 5.18. The van der Waals surface area contributed by atoms with Gasteiger partial charge in [-0.05, 0) is 57.3 Å². The van der Waals surface area contributed by atoms with Crippen LogP contribution in [0, 0.1) is 6.92 Å². The van der Waals surface area contributed by atoms with Crippen molar-refractivity contribution in [2.45, 2.75) is 19.9 Å². The van der Waals surface area contributed by atoms with Crippen molar-refractivity contribution in [2.75, 3.05) is 25.5 Å². The van der Waals surface area contributed by atoms with Crippen LogP contribution in [0.2, 0.25) is 5.02 Å². The van der Waals surface area contributed by atoms with E-state index in [1.165, 1.54) is 0 Å². The van der Waals surface area contributed by atoms with Crippen molar-refractivity contribution in [3.8, 4) is 11.4 Å². The zero-order valence-corrected chi connectivity index (χ0v) is 18.9. The fourth-order valence-electron chi connectivity index (χ4n) is 3.17. The van der Waals surface area contributed by atoms with Gasteiger partial charge in [0.2, 0.25) is 5.91 Å². The number of carbonyl (C=O) groups excluding carboxylic acids is 1. The van der Waals surface area contributed by atoms with E-state index in [0.29, 0.717) is 23.9 Å². The Balaban J connectivity index is 1.64. The fourth-order valence-corrected chi connectivity index (χ4v) is 3.30. The van der Waals surface area contributed by atoms with Crippen molar-refractivity contribution in [2.24, 2.45) is 7.05 Å². The van der Waals surface area contributed by atoms with Crippen molar-refractivity contribution in [1.29, 1.82) is 0 Å². The molecule has 1 heterocycles. The normalized spacial score (nSPS) is 12.1. The highest BCUT2D eigenvalue weighted by atomic mass is 35.5. The molecule has 2 aromatic carbocycles. The van der Waals surface area contributed by atoms with Crippen LogP contribution < -0.4 is 15.6 Å². The Morgan fingerprint density at radius 3 is 2.45 bits per heavy atom. The lowest BCUT2D eigenvalue weighted by Crippen LogP contribution is -2.42. The van der Waals surface area contributed by atoms with Gasteiger partial charge in [-0.1, -0.05) is 29.8 Å². The van der Waals surface area contributed by atoms with Crippen LogP contribution in [0.25, 0.3) is 5.69 Å². The predicted molar refractivity (Wildman–Crippen MR) is 123 cm³/mol. The van der Waals surface area contributed by atoms with Crippen LogP contribution >= 0.6 is 11.6 Å². The number of benzene rings is 2. The van der Waals surface area contributed by atoms with E-state index in [9.17, 15) is 9.59 Å². The second-order valence-corrected chi connectivity index (χ2v) is 7.82. The van der Waals surface area contributed by atoms with E-state index in [2.05, 4.69) is 5.32 Å². The lowest BCUT2D eigenvalue weighted by Gasteiger charge is -2.23. The van der Waals surface area contributed by atoms with Crippen LogP contribution in [-0.2, 0) is 11.8 Å². The molecule has 0 fully saturated rings. The van der Waals surface area contributed by atoms with Crippen LogP contribution in [0.4, 0.5) is 5.69 Å². The highest BCUT2D eigenvalue weighted by molar-refractivity contribution is 6.30. The minimum absolute atomic E-state index is 0.250. The van der Waals surface area contributed by atoms with Crippen molar-refractivity contribution in [3.05, 3.63) is 75.7 Å². The Morgan fingerprint density at radius 2 is 1.81 bits per heavy atom. The Morgan fingerprint density at radius 1 is 1.16 bits per heavy atom. The van der Waals surface area contributed by atoms with E-state index in [1.54, 1.807) is 47.6 Å². The predicted octanol–water partition coefficient (Wildman–Crippen LogP) is 3.48. The summed E-state index contributed by atoms with van der Waals surface area (Å²) in [5, 5.41) is 3.46. The van der Waals surface area contributed by atoms with Crippen molar-refractivity contribution < 1.29 is 9.53 Å². The molecule has 7 nitrogen and oxygen atoms in total. The third-order valence-electron chi connectivity index (χ3n) is 5.37. The first-order valence-electron chi connectivity index (χ1n) is 10.0. The Hall–Kier alpha value is -3.03. The lowest BCUT2D eigenvalue weighted by molar-refractivity contribution is -0.120. The van der Waals surface area contributed by atoms with Gasteiger partial charge in [-0.25, -0.2) is 4.68 Å². The number of aromatic nitrogens is 2. The van der Waals surface area contributed by atoms with Crippen LogP contribution in [0.1, 0.15) is 12.6 Å². The lowest BCUT2D eigenvalue weighted by atomic mass is 10.2. The summed E-state index contributed by atoms with van der Waals surface area (Å²) in [5.41, 5.74) is 1.45. The smallest absolute Gasteiger partial charge is 0.295 e. The monoisotopic (exact) mass is 442 g/mol. The second-order valence-electron chi connectivity index (χ2n) is 7.38. The summed E-state index contributed by atoms with van der Waals surface area (Å²) in [6.45, 7) is 4.57. The van der Waals surface area contributed by atoms with Crippen LogP contribution in [0.5, 0.6) is 5.75 Å². The molecule has 0 aliphatic carbocycles. The van der Waals surface area contributed by atoms with Crippen molar-refractivity contribution >= 4 is 23.2 Å². The highest BCUT2D eigenvalue weighted by Gasteiger charge is 2.23. The molecule has 1 atom stereocenters. The first kappa shape index (κ1) is 22.7. The summed E-state index contributed by atoms with van der Waals surface area (Å²) in [7, 11) is 3.64. The number of ether oxygens (including phenoxy) is 1. The number of para-hydroxylation sites is 1. The van der Waals surface area contributed by atoms with Crippen LogP contribution in [-0.4, -0.2) is 46.4 Å². The summed E-state index contributed by atoms with van der Waals surface area (Å²) in [6, 6.07) is 16.0. The minimum Gasteiger partial charge on any atom is -0.492 e. The summed E-state index contributed by atoms with van der Waals surface area (Å²) in [6.07, 6.45) is 0. The number of likely N-dealkylation sites (N-methyl/N-ethyl adjacent to an activating group) is 1. The maximum atomic E-state index is 13.0. The Bertz CT molecular complexity index is 1090. The van der Waals surface area contributed by atoms with Gasteiger partial charge in [-0.2, -0.15) is 0 Å². The molecule has 0 aliphatic rings. The van der Waals surface area contributed by atoms with Gasteiger partial charge in [-0.15, -0.1) is 0 Å². The minimum atomic E-state index is -0.446. The standard InChI is InChI=1S/C23H27ClN4O3/c1-16-21(23(30)28(27(16)4)19-8-6-5-7-9-19)25-22(29)17(2)26(3)14-15-31-20-12-10-18(24)11-13-20/h5-13,17H,14-15H2,1-4H3,(H,25,29). The fraction of sp³-hybridized carbons (Fsp3) is 0.304. The van der Waals surface area contributed by atoms with Gasteiger partial charge in [0.25, 0.3) is 5.56 Å². The molecule has 1 N–H and O–H groups in total. The second kappa shape index (κ2) is 9.85. The van der Waals surface area contributed by atoms with Crippen molar-refractivity contribution in [1.82, 2.24) is 14.3 Å². The number of nitrogens with zero attached hydrogens (tertiary/aromatic N) is 3. The molecule has 0 saturated heterocycles. The summed E-state index contributed by atoms with van der Waals surface area (Å²) >= 11 is 5.87. The van der Waals surface area contributed by atoms with Gasteiger partial charge in [0.15, 0.2) is 0 Å². The SMILES string of the molecule is Cc1c(NC(=O)C(C)N(C)CCOc2ccc(Cl)cc2)c(=O)n(-c2ccccc2)n1C. The number of anilines is 1. The number of rotatable bonds is 8. The molecule has 0 saturated carbocycles. The highest BCUT2D eigenvalue weighted by Crippen LogP contribution is 2.16. The van der Waals surface area contributed by atoms with Gasteiger partial charge >= 0.3 is 0 Å². The van der Waals surface area contributed by atoms with E-state index in [1.807, 2.05) is 49.2 Å². The molecule has 0 spiro atoms. The van der Waals surface area contributed by atoms with E-state index < -0.39 is 6.04 Å². The van der Waals surface area contributed by atoms with Gasteiger partial charge in [0, 0.05) is 18.6 Å². The summed E-state index contributed by atoms with van der Waals surface area (Å²) < 4.78 is 8.98. The van der Waals surface area contributed by atoms with Crippen LogP contribution in [0.3, 0.4) is 0 Å². The maximum absolute atomic E-state index is 13.0. The average molecular weight is 443 g/mol. The average Bonchev–Trinajstić information content (AvgIpc) is 2.98. The Kier molecular flexibility index (Phi) is 7.20. The number of amides is 1. The molecule has 0 bridgehead atoms. The molecule has 0 aliphatic heterocycles. The van der Waals surface area contributed by atoms with Gasteiger partial charge in [-0.3, -0.25) is 19.2 Å². The van der Waals surface area contributed by atoms with E-state index in [0.717, 1.165) is 11.4 Å². The van der Waals surface area contributed by atoms with Gasteiger partial charge < -0.3 is 10.1 Å². The molecule has 1 aromatic heterocycles. The number of hydrogen-bond acceptors (Lipinski definition) is 4. The molecule has 3 rings (SSSR count). The first-order valence-corrected chi connectivity index (χ1v) is 10.4. The molecular formula is C23H27ClN4O3. The summed E-state index contributed by atoms with van der Waals surface area (Å²) in [4.78, 5) is 27.7. The zero-order valence-electron chi connectivity index (χ0n) is 18.1. The first-order chi connectivity index (χ1) is 14.8. The van der Waals surface area contributed by atoms with Crippen LogP contribution in [0.15, 0.2) is 59.4 Å². The number of carbonyl (C=O) groups is 1. The Labute approximate surface area is 186 Å². The van der Waals surface area contributed by atoms with E-state index in [4.69, 9.17) is 16.3 Å². The molecular weight excluding hydrogens is 416 g/mol. The molecule has 3 aromatic rings. The molecule has 0 radical (unpaired) electrons. The number of nitrogens with one attached hydrogen (secondary N) is 1. The van der Waals surface area contributed by atoms with Gasteiger partial charge in [0.1, 0.15) is 18.0 Å². The molecule has 8 heteroatoms. The van der Waals surface area contributed by atoms with Gasteiger partial charge in [0.05, 0.1) is 17.4 Å². The quantitative estimate of drug-likeness (QED) is 0.580. The zero-order chi connectivity index (χ0) is 22.5. The molecule has 31 heavy (non-hydrogen) atoms. The molecule has 1 unspecified atom stereocenters. The largest absolute Gasteiger partial charge is 0.492 e. The van der Waals surface area contributed by atoms with E-state index in [-0.39, 0.29) is 17.2 Å². The number of halogens is 1. The maximum Gasteiger partial charge on any atom is 0.295 e. The topological polar surface area (TPSA) is 68.5 Å². The summed E-state index contributed by atoms with van der Waals surface area (Å²) in [5.74, 6) is 0.469. The molecule has 1 amide bonds. The number of hydrogen-bond donors (Lipinski definition) is 1. The third-order valence-corrected chi connectivity index (χ3v) is 5.62. The van der Waals surface area contributed by atoms with E-state index >= 15 is 0 Å². The molecule has 164 valence electrons.